The fraction of sp³-hybridized carbons (Fsp3) is 0.600. The summed E-state index contributed by atoms with van der Waals surface area (Å²) in [5, 5.41) is 0. The van der Waals surface area contributed by atoms with E-state index in [-0.39, 0.29) is 17.2 Å². The third-order valence-corrected chi connectivity index (χ3v) is 4.28. The van der Waals surface area contributed by atoms with Gasteiger partial charge in [0.2, 0.25) is 0 Å². The van der Waals surface area contributed by atoms with Crippen LogP contribution in [0.15, 0.2) is 18.2 Å². The van der Waals surface area contributed by atoms with Gasteiger partial charge in [0, 0.05) is 5.54 Å². The van der Waals surface area contributed by atoms with Crippen molar-refractivity contribution in [1.29, 1.82) is 0 Å². The van der Waals surface area contributed by atoms with Crippen LogP contribution in [0.3, 0.4) is 0 Å². The van der Waals surface area contributed by atoms with Gasteiger partial charge in [0.25, 0.3) is 0 Å². The third-order valence-electron chi connectivity index (χ3n) is 4.28. The minimum atomic E-state index is -0.390. The number of nitrogens with two attached hydrogens (primary N) is 1. The van der Waals surface area contributed by atoms with Gasteiger partial charge in [0.05, 0.1) is 0 Å². The van der Waals surface area contributed by atoms with Crippen molar-refractivity contribution < 1.29 is 8.78 Å². The molecule has 1 aromatic carbocycles. The molecule has 2 unspecified atom stereocenters. The van der Waals surface area contributed by atoms with Crippen LogP contribution in [-0.4, -0.2) is 5.54 Å². The van der Waals surface area contributed by atoms with Gasteiger partial charge in [-0.05, 0) is 48.9 Å². The van der Waals surface area contributed by atoms with Crippen LogP contribution >= 0.6 is 0 Å². The van der Waals surface area contributed by atoms with E-state index in [0.29, 0.717) is 17.9 Å². The fourth-order valence-electron chi connectivity index (χ4n) is 3.21. The molecule has 1 aliphatic rings. The molecule has 3 heteroatoms. The highest BCUT2D eigenvalue weighted by Gasteiger charge is 2.36. The van der Waals surface area contributed by atoms with E-state index in [2.05, 4.69) is 6.92 Å². The Bertz CT molecular complexity index is 419. The first-order valence-electron chi connectivity index (χ1n) is 6.78. The normalized spacial score (nSPS) is 28.3. The first-order valence-corrected chi connectivity index (χ1v) is 6.78. The van der Waals surface area contributed by atoms with Gasteiger partial charge in [-0.1, -0.05) is 26.2 Å². The SMILES string of the molecule is CCC1CCCCC1(N)Cc1cc(F)ccc1F. The van der Waals surface area contributed by atoms with Gasteiger partial charge >= 0.3 is 0 Å². The van der Waals surface area contributed by atoms with Gasteiger partial charge in [0.15, 0.2) is 0 Å². The molecule has 1 aliphatic carbocycles. The molecule has 0 aliphatic heterocycles. The van der Waals surface area contributed by atoms with Crippen molar-refractivity contribution in [2.24, 2.45) is 11.7 Å². The van der Waals surface area contributed by atoms with Crippen molar-refractivity contribution in [2.75, 3.05) is 0 Å². The lowest BCUT2D eigenvalue weighted by Gasteiger charge is -2.41. The molecule has 2 rings (SSSR count). The molecule has 0 heterocycles. The van der Waals surface area contributed by atoms with Crippen molar-refractivity contribution in [2.45, 2.75) is 51.0 Å². The maximum Gasteiger partial charge on any atom is 0.126 e. The molecule has 0 amide bonds. The number of hydrogen-bond donors (Lipinski definition) is 1. The summed E-state index contributed by atoms with van der Waals surface area (Å²) in [4.78, 5) is 0. The zero-order chi connectivity index (χ0) is 13.2. The minimum Gasteiger partial charge on any atom is -0.325 e. The molecule has 0 radical (unpaired) electrons. The Morgan fingerprint density at radius 3 is 2.83 bits per heavy atom. The van der Waals surface area contributed by atoms with Gasteiger partial charge < -0.3 is 5.73 Å². The van der Waals surface area contributed by atoms with Gasteiger partial charge in [-0.15, -0.1) is 0 Å². The van der Waals surface area contributed by atoms with Gasteiger partial charge in [0.1, 0.15) is 11.6 Å². The second kappa shape index (κ2) is 5.35. The predicted octanol–water partition coefficient (Wildman–Crippen LogP) is 3.81. The monoisotopic (exact) mass is 253 g/mol. The molecule has 18 heavy (non-hydrogen) atoms. The number of rotatable bonds is 3. The van der Waals surface area contributed by atoms with Crippen LogP contribution in [-0.2, 0) is 6.42 Å². The van der Waals surface area contributed by atoms with Gasteiger partial charge in [-0.3, -0.25) is 0 Å². The second-order valence-electron chi connectivity index (χ2n) is 5.50. The summed E-state index contributed by atoms with van der Waals surface area (Å²) in [7, 11) is 0. The molecule has 0 spiro atoms. The summed E-state index contributed by atoms with van der Waals surface area (Å²) in [6.07, 6.45) is 5.74. The van der Waals surface area contributed by atoms with E-state index in [4.69, 9.17) is 5.73 Å². The van der Waals surface area contributed by atoms with Crippen LogP contribution < -0.4 is 5.73 Å². The lowest BCUT2D eigenvalue weighted by atomic mass is 9.69. The zero-order valence-corrected chi connectivity index (χ0v) is 10.9. The summed E-state index contributed by atoms with van der Waals surface area (Å²) >= 11 is 0. The van der Waals surface area contributed by atoms with Crippen LogP contribution in [0.25, 0.3) is 0 Å². The third kappa shape index (κ3) is 2.72. The molecule has 2 atom stereocenters. The summed E-state index contributed by atoms with van der Waals surface area (Å²) < 4.78 is 26.9. The van der Waals surface area contributed by atoms with E-state index in [0.717, 1.165) is 31.7 Å². The maximum atomic E-state index is 13.7. The summed E-state index contributed by atoms with van der Waals surface area (Å²) in [5.41, 5.74) is 6.52. The molecule has 1 fully saturated rings. The Kier molecular flexibility index (Phi) is 4.00. The van der Waals surface area contributed by atoms with Crippen molar-refractivity contribution >= 4 is 0 Å². The molecule has 1 saturated carbocycles. The highest BCUT2D eigenvalue weighted by atomic mass is 19.1. The molecular formula is C15H21F2N. The lowest BCUT2D eigenvalue weighted by Crippen LogP contribution is -2.51. The van der Waals surface area contributed by atoms with Crippen LogP contribution in [0.2, 0.25) is 0 Å². The van der Waals surface area contributed by atoms with Crippen molar-refractivity contribution in [1.82, 2.24) is 0 Å². The number of hydrogen-bond acceptors (Lipinski definition) is 1. The topological polar surface area (TPSA) is 26.0 Å². The van der Waals surface area contributed by atoms with E-state index >= 15 is 0 Å². The average Bonchev–Trinajstić information content (AvgIpc) is 2.34. The van der Waals surface area contributed by atoms with E-state index in [9.17, 15) is 8.78 Å². The highest BCUT2D eigenvalue weighted by molar-refractivity contribution is 5.22. The largest absolute Gasteiger partial charge is 0.325 e. The van der Waals surface area contributed by atoms with Crippen LogP contribution in [0.1, 0.15) is 44.6 Å². The number of halogens is 2. The molecule has 1 nitrogen and oxygen atoms in total. The minimum absolute atomic E-state index is 0.346. The Hall–Kier alpha value is -0.960. The second-order valence-corrected chi connectivity index (χ2v) is 5.50. The smallest absolute Gasteiger partial charge is 0.126 e. The average molecular weight is 253 g/mol. The standard InChI is InChI=1S/C15H21F2N/c1-2-12-5-3-4-8-15(12,18)10-11-9-13(16)6-7-14(11)17/h6-7,9,12H,2-5,8,10,18H2,1H3. The van der Waals surface area contributed by atoms with Crippen molar-refractivity contribution in [3.63, 3.8) is 0 Å². The molecule has 0 saturated heterocycles. The summed E-state index contributed by atoms with van der Waals surface area (Å²) in [6, 6.07) is 3.63. The molecule has 1 aromatic rings. The Morgan fingerprint density at radius 1 is 1.33 bits per heavy atom. The zero-order valence-electron chi connectivity index (χ0n) is 10.9. The van der Waals surface area contributed by atoms with Crippen LogP contribution in [0.5, 0.6) is 0 Å². The van der Waals surface area contributed by atoms with Crippen molar-refractivity contribution in [3.05, 3.63) is 35.4 Å². The highest BCUT2D eigenvalue weighted by Crippen LogP contribution is 2.36. The van der Waals surface area contributed by atoms with Gasteiger partial charge in [-0.25, -0.2) is 8.78 Å². The molecule has 100 valence electrons. The van der Waals surface area contributed by atoms with Crippen molar-refractivity contribution in [3.8, 4) is 0 Å². The predicted molar refractivity (Wildman–Crippen MR) is 69.2 cm³/mol. The van der Waals surface area contributed by atoms with Crippen LogP contribution in [0.4, 0.5) is 8.78 Å². The fourth-order valence-corrected chi connectivity index (χ4v) is 3.21. The van der Waals surface area contributed by atoms with E-state index < -0.39 is 0 Å². The Balaban J connectivity index is 2.22. The lowest BCUT2D eigenvalue weighted by molar-refractivity contribution is 0.181. The molecular weight excluding hydrogens is 232 g/mol. The Labute approximate surface area is 107 Å². The van der Waals surface area contributed by atoms with E-state index in [1.807, 2.05) is 0 Å². The van der Waals surface area contributed by atoms with Gasteiger partial charge in [-0.2, -0.15) is 0 Å². The summed E-state index contributed by atoms with van der Waals surface area (Å²) in [5.74, 6) is -0.325. The van der Waals surface area contributed by atoms with Crippen LogP contribution in [0, 0.1) is 17.6 Å². The first-order chi connectivity index (χ1) is 8.55. The number of benzene rings is 1. The Morgan fingerprint density at radius 2 is 2.11 bits per heavy atom. The molecule has 0 bridgehead atoms. The first kappa shape index (κ1) is 13.5. The molecule has 0 aromatic heterocycles. The molecule has 2 N–H and O–H groups in total. The quantitative estimate of drug-likeness (QED) is 0.871. The van der Waals surface area contributed by atoms with E-state index in [1.54, 1.807) is 0 Å². The maximum absolute atomic E-state index is 13.7. The van der Waals surface area contributed by atoms with E-state index in [1.165, 1.54) is 18.6 Å². The summed E-state index contributed by atoms with van der Waals surface area (Å²) in [6.45, 7) is 2.12.